The zero-order chi connectivity index (χ0) is 11.9. The molecule has 0 unspecified atom stereocenters. The van der Waals surface area contributed by atoms with Crippen molar-refractivity contribution in [3.63, 3.8) is 0 Å². The maximum absolute atomic E-state index is 11.3. The SMILES string of the molecule is CCNC(=O)CNCC(C)(C)C(=O)OC. The molecule has 0 bridgehead atoms. The van der Waals surface area contributed by atoms with Gasteiger partial charge in [0.25, 0.3) is 0 Å². The highest BCUT2D eigenvalue weighted by molar-refractivity contribution is 5.78. The normalized spacial score (nSPS) is 10.9. The molecule has 1 amide bonds. The van der Waals surface area contributed by atoms with Crippen molar-refractivity contribution in [3.05, 3.63) is 0 Å². The van der Waals surface area contributed by atoms with E-state index in [0.717, 1.165) is 0 Å². The molecule has 2 N–H and O–H groups in total. The quantitative estimate of drug-likeness (QED) is 0.609. The van der Waals surface area contributed by atoms with Crippen molar-refractivity contribution < 1.29 is 14.3 Å². The van der Waals surface area contributed by atoms with E-state index in [1.54, 1.807) is 13.8 Å². The van der Waals surface area contributed by atoms with Crippen LogP contribution in [0, 0.1) is 5.41 Å². The predicted molar refractivity (Wildman–Crippen MR) is 57.4 cm³/mol. The average Bonchev–Trinajstić information content (AvgIpc) is 2.16. The summed E-state index contributed by atoms with van der Waals surface area (Å²) in [5.41, 5.74) is -0.610. The molecule has 0 aliphatic carbocycles. The van der Waals surface area contributed by atoms with Crippen LogP contribution in [0.25, 0.3) is 0 Å². The summed E-state index contributed by atoms with van der Waals surface area (Å²) in [6, 6.07) is 0. The van der Waals surface area contributed by atoms with Gasteiger partial charge in [-0.3, -0.25) is 9.59 Å². The van der Waals surface area contributed by atoms with Gasteiger partial charge in [0.1, 0.15) is 0 Å². The summed E-state index contributed by atoms with van der Waals surface area (Å²) in [5.74, 6) is -0.357. The summed E-state index contributed by atoms with van der Waals surface area (Å²) in [4.78, 5) is 22.4. The fourth-order valence-corrected chi connectivity index (χ4v) is 1.10. The van der Waals surface area contributed by atoms with E-state index in [4.69, 9.17) is 0 Å². The van der Waals surface area contributed by atoms with Crippen molar-refractivity contribution in [2.24, 2.45) is 5.41 Å². The Morgan fingerprint density at radius 1 is 1.33 bits per heavy atom. The number of carbonyl (C=O) groups excluding carboxylic acids is 2. The van der Waals surface area contributed by atoms with Crippen LogP contribution in [0.15, 0.2) is 0 Å². The lowest BCUT2D eigenvalue weighted by molar-refractivity contribution is -0.150. The lowest BCUT2D eigenvalue weighted by Crippen LogP contribution is -2.41. The van der Waals surface area contributed by atoms with Crippen LogP contribution in [0.3, 0.4) is 0 Å². The zero-order valence-electron chi connectivity index (χ0n) is 9.85. The molecule has 0 aromatic heterocycles. The summed E-state index contributed by atoms with van der Waals surface area (Å²) in [6.07, 6.45) is 0. The maximum atomic E-state index is 11.3. The number of methoxy groups -OCH3 is 1. The van der Waals surface area contributed by atoms with Gasteiger partial charge in [-0.2, -0.15) is 0 Å². The van der Waals surface area contributed by atoms with Gasteiger partial charge in [0, 0.05) is 13.1 Å². The van der Waals surface area contributed by atoms with E-state index in [-0.39, 0.29) is 18.4 Å². The first-order valence-corrected chi connectivity index (χ1v) is 5.00. The molecule has 0 aliphatic heterocycles. The summed E-state index contributed by atoms with van der Waals surface area (Å²) in [5, 5.41) is 5.57. The molecule has 0 saturated heterocycles. The summed E-state index contributed by atoms with van der Waals surface area (Å²) < 4.78 is 4.64. The van der Waals surface area contributed by atoms with E-state index < -0.39 is 5.41 Å². The monoisotopic (exact) mass is 216 g/mol. The van der Waals surface area contributed by atoms with Crippen LogP contribution in [-0.2, 0) is 14.3 Å². The lowest BCUT2D eigenvalue weighted by Gasteiger charge is -2.21. The number of carbonyl (C=O) groups is 2. The van der Waals surface area contributed by atoms with Gasteiger partial charge in [-0.15, -0.1) is 0 Å². The first-order valence-electron chi connectivity index (χ1n) is 5.00. The Morgan fingerprint density at radius 3 is 2.40 bits per heavy atom. The number of amides is 1. The highest BCUT2D eigenvalue weighted by atomic mass is 16.5. The molecule has 0 aromatic rings. The first-order chi connectivity index (χ1) is 6.94. The average molecular weight is 216 g/mol. The molecule has 88 valence electrons. The van der Waals surface area contributed by atoms with Gasteiger partial charge in [-0.1, -0.05) is 0 Å². The molecular formula is C10H20N2O3. The van der Waals surface area contributed by atoms with Crippen LogP contribution in [0.1, 0.15) is 20.8 Å². The third-order valence-corrected chi connectivity index (χ3v) is 1.96. The molecule has 0 atom stereocenters. The zero-order valence-corrected chi connectivity index (χ0v) is 9.85. The molecule has 0 aromatic carbocycles. The summed E-state index contributed by atoms with van der Waals surface area (Å²) >= 11 is 0. The Hall–Kier alpha value is -1.10. The van der Waals surface area contributed by atoms with E-state index in [9.17, 15) is 9.59 Å². The Labute approximate surface area is 90.6 Å². The molecule has 15 heavy (non-hydrogen) atoms. The van der Waals surface area contributed by atoms with E-state index >= 15 is 0 Å². The van der Waals surface area contributed by atoms with E-state index in [0.29, 0.717) is 13.1 Å². The van der Waals surface area contributed by atoms with Crippen LogP contribution >= 0.6 is 0 Å². The van der Waals surface area contributed by atoms with Gasteiger partial charge >= 0.3 is 5.97 Å². The summed E-state index contributed by atoms with van der Waals surface area (Å²) in [7, 11) is 1.36. The third-order valence-electron chi connectivity index (χ3n) is 1.96. The minimum absolute atomic E-state index is 0.0711. The number of esters is 1. The Balaban J connectivity index is 3.84. The van der Waals surface area contributed by atoms with E-state index in [2.05, 4.69) is 15.4 Å². The fraction of sp³-hybridized carbons (Fsp3) is 0.800. The predicted octanol–water partition coefficient (Wildman–Crippen LogP) is -0.0887. The van der Waals surface area contributed by atoms with Crippen LogP contribution < -0.4 is 10.6 Å². The molecule has 5 heteroatoms. The molecule has 0 radical (unpaired) electrons. The number of rotatable bonds is 6. The molecule has 5 nitrogen and oxygen atoms in total. The molecule has 0 spiro atoms. The smallest absolute Gasteiger partial charge is 0.312 e. The van der Waals surface area contributed by atoms with E-state index in [1.807, 2.05) is 6.92 Å². The van der Waals surface area contributed by atoms with Crippen molar-refractivity contribution in [3.8, 4) is 0 Å². The number of nitrogens with one attached hydrogen (secondary N) is 2. The van der Waals surface area contributed by atoms with Crippen LogP contribution in [0.4, 0.5) is 0 Å². The van der Waals surface area contributed by atoms with Gasteiger partial charge in [-0.25, -0.2) is 0 Å². The maximum Gasteiger partial charge on any atom is 0.312 e. The van der Waals surface area contributed by atoms with Gasteiger partial charge < -0.3 is 15.4 Å². The van der Waals surface area contributed by atoms with Crippen molar-refractivity contribution in [1.29, 1.82) is 0 Å². The molecule has 0 rings (SSSR count). The van der Waals surface area contributed by atoms with E-state index in [1.165, 1.54) is 7.11 Å². The number of ether oxygens (including phenoxy) is 1. The first kappa shape index (κ1) is 13.9. The molecular weight excluding hydrogens is 196 g/mol. The van der Waals surface area contributed by atoms with Gasteiger partial charge in [0.2, 0.25) is 5.91 Å². The summed E-state index contributed by atoms with van der Waals surface area (Å²) in [6.45, 7) is 6.63. The topological polar surface area (TPSA) is 67.4 Å². The highest BCUT2D eigenvalue weighted by Crippen LogP contribution is 2.14. The standard InChI is InChI=1S/C10H20N2O3/c1-5-12-8(13)6-11-7-10(2,3)9(14)15-4/h11H,5-7H2,1-4H3,(H,12,13). The fourth-order valence-electron chi connectivity index (χ4n) is 1.10. The second-order valence-electron chi connectivity index (χ2n) is 3.93. The molecule has 0 aliphatic rings. The number of hydrogen-bond acceptors (Lipinski definition) is 4. The minimum Gasteiger partial charge on any atom is -0.469 e. The lowest BCUT2D eigenvalue weighted by atomic mass is 9.94. The second-order valence-corrected chi connectivity index (χ2v) is 3.93. The largest absolute Gasteiger partial charge is 0.469 e. The van der Waals surface area contributed by atoms with Crippen molar-refractivity contribution in [1.82, 2.24) is 10.6 Å². The molecule has 0 heterocycles. The molecule has 0 saturated carbocycles. The second kappa shape index (κ2) is 6.40. The van der Waals surface area contributed by atoms with Crippen LogP contribution in [0.5, 0.6) is 0 Å². The Morgan fingerprint density at radius 2 is 1.93 bits per heavy atom. The Kier molecular flexibility index (Phi) is 5.93. The number of hydrogen-bond donors (Lipinski definition) is 2. The van der Waals surface area contributed by atoms with Crippen molar-refractivity contribution in [2.45, 2.75) is 20.8 Å². The van der Waals surface area contributed by atoms with Gasteiger partial charge in [0.05, 0.1) is 19.1 Å². The van der Waals surface area contributed by atoms with Crippen molar-refractivity contribution >= 4 is 11.9 Å². The third kappa shape index (κ3) is 5.37. The van der Waals surface area contributed by atoms with Crippen LogP contribution in [-0.4, -0.2) is 38.6 Å². The highest BCUT2D eigenvalue weighted by Gasteiger charge is 2.28. The van der Waals surface area contributed by atoms with Gasteiger partial charge in [0.15, 0.2) is 0 Å². The molecule has 0 fully saturated rings. The van der Waals surface area contributed by atoms with Crippen molar-refractivity contribution in [2.75, 3.05) is 26.7 Å². The minimum atomic E-state index is -0.610. The van der Waals surface area contributed by atoms with Gasteiger partial charge in [-0.05, 0) is 20.8 Å². The van der Waals surface area contributed by atoms with Crippen LogP contribution in [0.2, 0.25) is 0 Å². The number of likely N-dealkylation sites (N-methyl/N-ethyl adjacent to an activating group) is 1. The Bertz CT molecular complexity index is 227.